The van der Waals surface area contributed by atoms with Gasteiger partial charge in [0, 0.05) is 10.5 Å². The van der Waals surface area contributed by atoms with Crippen molar-refractivity contribution in [3.05, 3.63) is 44.7 Å². The zero-order valence-electron chi connectivity index (χ0n) is 7.64. The molecule has 0 saturated carbocycles. The molecule has 0 fully saturated rings. The SMILES string of the molecule is O=c1cc(C(F)(F)F)oc2cc(Br)ccc12. The smallest absolute Gasteiger partial charge is 0.449 e. The van der Waals surface area contributed by atoms with Crippen LogP contribution in [-0.4, -0.2) is 0 Å². The molecule has 0 N–H and O–H groups in total. The van der Waals surface area contributed by atoms with Gasteiger partial charge in [0.2, 0.25) is 5.76 Å². The second-order valence-corrected chi connectivity index (χ2v) is 4.03. The molecule has 0 aliphatic heterocycles. The van der Waals surface area contributed by atoms with E-state index < -0.39 is 17.4 Å². The van der Waals surface area contributed by atoms with E-state index in [1.807, 2.05) is 0 Å². The Balaban J connectivity index is 2.80. The number of hydrogen-bond donors (Lipinski definition) is 0. The first-order chi connectivity index (χ1) is 7.38. The van der Waals surface area contributed by atoms with Crippen LogP contribution in [0.5, 0.6) is 0 Å². The van der Waals surface area contributed by atoms with Crippen molar-refractivity contribution in [1.82, 2.24) is 0 Å². The second kappa shape index (κ2) is 3.62. The molecule has 0 aliphatic rings. The second-order valence-electron chi connectivity index (χ2n) is 3.11. The highest BCUT2D eigenvalue weighted by atomic mass is 79.9. The molecule has 0 atom stereocenters. The van der Waals surface area contributed by atoms with E-state index >= 15 is 0 Å². The van der Waals surface area contributed by atoms with Gasteiger partial charge in [-0.3, -0.25) is 4.79 Å². The fourth-order valence-electron chi connectivity index (χ4n) is 1.27. The summed E-state index contributed by atoms with van der Waals surface area (Å²) in [6.07, 6.45) is -4.66. The number of benzene rings is 1. The van der Waals surface area contributed by atoms with Crippen molar-refractivity contribution in [2.24, 2.45) is 0 Å². The van der Waals surface area contributed by atoms with E-state index in [9.17, 15) is 18.0 Å². The van der Waals surface area contributed by atoms with E-state index in [2.05, 4.69) is 20.3 Å². The number of hydrogen-bond acceptors (Lipinski definition) is 2. The lowest BCUT2D eigenvalue weighted by molar-refractivity contribution is -0.152. The first-order valence-corrected chi connectivity index (χ1v) is 4.98. The summed E-state index contributed by atoms with van der Waals surface area (Å²) in [7, 11) is 0. The summed E-state index contributed by atoms with van der Waals surface area (Å²) in [6, 6.07) is 4.75. The maximum Gasteiger partial charge on any atom is 0.449 e. The molecule has 2 rings (SSSR count). The average Bonchev–Trinajstić information content (AvgIpc) is 2.15. The van der Waals surface area contributed by atoms with E-state index in [1.54, 1.807) is 6.07 Å². The van der Waals surface area contributed by atoms with Crippen LogP contribution in [0, 0.1) is 0 Å². The molecule has 2 aromatic rings. The van der Waals surface area contributed by atoms with Gasteiger partial charge in [0.05, 0.1) is 5.39 Å². The molecule has 1 heterocycles. The summed E-state index contributed by atoms with van der Waals surface area (Å²) in [5, 5.41) is 0.121. The van der Waals surface area contributed by atoms with Crippen LogP contribution in [-0.2, 0) is 6.18 Å². The van der Waals surface area contributed by atoms with Crippen LogP contribution in [0.1, 0.15) is 5.76 Å². The largest absolute Gasteiger partial charge is 0.451 e. The number of halogens is 4. The Hall–Kier alpha value is -1.30. The van der Waals surface area contributed by atoms with Gasteiger partial charge in [0.1, 0.15) is 5.58 Å². The van der Waals surface area contributed by atoms with E-state index in [0.29, 0.717) is 10.5 Å². The fourth-order valence-corrected chi connectivity index (χ4v) is 1.61. The van der Waals surface area contributed by atoms with Gasteiger partial charge < -0.3 is 4.42 Å². The first kappa shape index (κ1) is 11.2. The zero-order valence-corrected chi connectivity index (χ0v) is 9.22. The first-order valence-electron chi connectivity index (χ1n) is 4.18. The molecule has 6 heteroatoms. The van der Waals surface area contributed by atoms with Gasteiger partial charge in [0.25, 0.3) is 0 Å². The Bertz CT molecular complexity index is 601. The van der Waals surface area contributed by atoms with Crippen molar-refractivity contribution in [3.63, 3.8) is 0 Å². The lowest BCUT2D eigenvalue weighted by Crippen LogP contribution is -2.10. The van der Waals surface area contributed by atoms with Crippen LogP contribution in [0.3, 0.4) is 0 Å². The Kier molecular flexibility index (Phi) is 2.53. The van der Waals surface area contributed by atoms with Crippen LogP contribution in [0.2, 0.25) is 0 Å². The van der Waals surface area contributed by atoms with Crippen molar-refractivity contribution in [2.75, 3.05) is 0 Å². The van der Waals surface area contributed by atoms with Gasteiger partial charge in [-0.25, -0.2) is 0 Å². The summed E-state index contributed by atoms with van der Waals surface area (Å²) >= 11 is 3.09. The highest BCUT2D eigenvalue weighted by Gasteiger charge is 2.34. The normalized spacial score (nSPS) is 12.0. The van der Waals surface area contributed by atoms with Gasteiger partial charge >= 0.3 is 6.18 Å². The Morgan fingerprint density at radius 2 is 1.88 bits per heavy atom. The summed E-state index contributed by atoms with van der Waals surface area (Å²) in [5.41, 5.74) is -0.796. The molecule has 0 unspecified atom stereocenters. The topological polar surface area (TPSA) is 30.2 Å². The van der Waals surface area contributed by atoms with Crippen molar-refractivity contribution < 1.29 is 17.6 Å². The molecule has 84 valence electrons. The van der Waals surface area contributed by atoms with Crippen LogP contribution in [0.4, 0.5) is 13.2 Å². The predicted molar refractivity (Wildman–Crippen MR) is 55.2 cm³/mol. The van der Waals surface area contributed by atoms with Crippen LogP contribution in [0.25, 0.3) is 11.0 Å². The van der Waals surface area contributed by atoms with Gasteiger partial charge in [-0.2, -0.15) is 13.2 Å². The van der Waals surface area contributed by atoms with Crippen molar-refractivity contribution in [1.29, 1.82) is 0 Å². The van der Waals surface area contributed by atoms with E-state index in [1.165, 1.54) is 12.1 Å². The van der Waals surface area contributed by atoms with Crippen LogP contribution >= 0.6 is 15.9 Å². The van der Waals surface area contributed by atoms with E-state index in [-0.39, 0.29) is 11.0 Å². The van der Waals surface area contributed by atoms with Crippen molar-refractivity contribution in [3.8, 4) is 0 Å². The van der Waals surface area contributed by atoms with Gasteiger partial charge in [-0.15, -0.1) is 0 Å². The highest BCUT2D eigenvalue weighted by Crippen LogP contribution is 2.30. The predicted octanol–water partition coefficient (Wildman–Crippen LogP) is 3.57. The van der Waals surface area contributed by atoms with Crippen LogP contribution in [0.15, 0.2) is 37.9 Å². The monoisotopic (exact) mass is 292 g/mol. The van der Waals surface area contributed by atoms with Crippen molar-refractivity contribution in [2.45, 2.75) is 6.18 Å². The Morgan fingerprint density at radius 1 is 1.19 bits per heavy atom. The lowest BCUT2D eigenvalue weighted by Gasteiger charge is -2.06. The Labute approximate surface area is 95.8 Å². The third kappa shape index (κ3) is 1.97. The lowest BCUT2D eigenvalue weighted by atomic mass is 10.2. The molecule has 0 saturated heterocycles. The minimum absolute atomic E-state index is 0.0887. The number of alkyl halides is 3. The molecular weight excluding hydrogens is 289 g/mol. The minimum Gasteiger partial charge on any atom is -0.451 e. The van der Waals surface area contributed by atoms with Gasteiger partial charge in [0.15, 0.2) is 5.43 Å². The zero-order chi connectivity index (χ0) is 11.9. The molecule has 0 aliphatic carbocycles. The average molecular weight is 293 g/mol. The molecule has 0 spiro atoms. The van der Waals surface area contributed by atoms with E-state index in [4.69, 9.17) is 0 Å². The van der Waals surface area contributed by atoms with Crippen LogP contribution < -0.4 is 5.43 Å². The summed E-state index contributed by atoms with van der Waals surface area (Å²) in [4.78, 5) is 11.4. The Morgan fingerprint density at radius 3 is 2.50 bits per heavy atom. The fraction of sp³-hybridized carbons (Fsp3) is 0.100. The molecular formula is C10H4BrF3O2. The third-order valence-electron chi connectivity index (χ3n) is 1.97. The number of rotatable bonds is 0. The summed E-state index contributed by atoms with van der Waals surface area (Å²) < 4.78 is 42.2. The van der Waals surface area contributed by atoms with Gasteiger partial charge in [-0.05, 0) is 18.2 Å². The van der Waals surface area contributed by atoms with E-state index in [0.717, 1.165) is 0 Å². The molecule has 1 aromatic heterocycles. The molecule has 0 radical (unpaired) electrons. The quantitative estimate of drug-likeness (QED) is 0.743. The minimum atomic E-state index is -4.66. The molecule has 0 amide bonds. The van der Waals surface area contributed by atoms with Gasteiger partial charge in [-0.1, -0.05) is 15.9 Å². The molecule has 2 nitrogen and oxygen atoms in total. The summed E-state index contributed by atoms with van der Waals surface area (Å²) in [5.74, 6) is -1.29. The standard InChI is InChI=1S/C10H4BrF3O2/c11-5-1-2-6-7(15)4-9(10(12,13)14)16-8(6)3-5/h1-4H. The van der Waals surface area contributed by atoms with Crippen molar-refractivity contribution >= 4 is 26.9 Å². The molecule has 1 aromatic carbocycles. The maximum absolute atomic E-state index is 12.4. The number of fused-ring (bicyclic) bond motifs is 1. The molecule has 16 heavy (non-hydrogen) atoms. The molecule has 0 bridgehead atoms. The third-order valence-corrected chi connectivity index (χ3v) is 2.46. The maximum atomic E-state index is 12.4. The summed E-state index contributed by atoms with van der Waals surface area (Å²) in [6.45, 7) is 0. The highest BCUT2D eigenvalue weighted by molar-refractivity contribution is 9.10.